The lowest BCUT2D eigenvalue weighted by atomic mass is 10.2. The van der Waals surface area contributed by atoms with Crippen LogP contribution in [0.3, 0.4) is 0 Å². The van der Waals surface area contributed by atoms with Crippen molar-refractivity contribution in [3.63, 3.8) is 0 Å². The van der Waals surface area contributed by atoms with E-state index in [0.29, 0.717) is 5.92 Å². The van der Waals surface area contributed by atoms with Gasteiger partial charge in [0.05, 0.1) is 7.11 Å². The first kappa shape index (κ1) is 14.4. The second kappa shape index (κ2) is 6.43. The molecule has 1 aromatic carbocycles. The molecule has 4 nitrogen and oxygen atoms in total. The van der Waals surface area contributed by atoms with Gasteiger partial charge in [0.1, 0.15) is 11.6 Å². The number of thioether (sulfide) groups is 1. The van der Waals surface area contributed by atoms with Gasteiger partial charge in [-0.2, -0.15) is 0 Å². The van der Waals surface area contributed by atoms with Crippen LogP contribution >= 0.6 is 27.7 Å². The maximum atomic E-state index is 5.35. The van der Waals surface area contributed by atoms with Crippen molar-refractivity contribution in [2.45, 2.75) is 30.7 Å². The minimum absolute atomic E-state index is 0.363. The molecule has 0 fully saturated rings. The molecule has 6 heteroatoms. The molecule has 2 aromatic rings. The summed E-state index contributed by atoms with van der Waals surface area (Å²) in [6, 6.07) is 5.98. The predicted octanol–water partition coefficient (Wildman–Crippen LogP) is 3.99. The van der Waals surface area contributed by atoms with Gasteiger partial charge in [0.15, 0.2) is 0 Å². The van der Waals surface area contributed by atoms with E-state index in [4.69, 9.17) is 4.74 Å². The fourth-order valence-corrected chi connectivity index (χ4v) is 2.77. The summed E-state index contributed by atoms with van der Waals surface area (Å²) in [5.41, 5.74) is 1.12. The molecule has 19 heavy (non-hydrogen) atoms. The first-order valence-electron chi connectivity index (χ1n) is 5.97. The second-order valence-electron chi connectivity index (χ2n) is 4.40. The molecule has 0 aliphatic heterocycles. The number of nitrogens with one attached hydrogen (secondary N) is 1. The smallest absolute Gasteiger partial charge is 0.208 e. The highest BCUT2D eigenvalue weighted by Gasteiger charge is 2.09. The van der Waals surface area contributed by atoms with Crippen LogP contribution in [0.2, 0.25) is 0 Å². The van der Waals surface area contributed by atoms with E-state index in [9.17, 15) is 0 Å². The maximum absolute atomic E-state index is 5.35. The number of aromatic nitrogens is 3. The van der Waals surface area contributed by atoms with Crippen molar-refractivity contribution in [2.24, 2.45) is 0 Å². The molecule has 1 N–H and O–H groups in total. The number of ether oxygens (including phenoxy) is 1. The van der Waals surface area contributed by atoms with Crippen molar-refractivity contribution in [3.05, 3.63) is 34.1 Å². The topological polar surface area (TPSA) is 50.8 Å². The summed E-state index contributed by atoms with van der Waals surface area (Å²) in [7, 11) is 1.68. The summed E-state index contributed by atoms with van der Waals surface area (Å²) in [6.07, 6.45) is 0. The van der Waals surface area contributed by atoms with Crippen LogP contribution < -0.4 is 4.74 Å². The Bertz CT molecular complexity index is 557. The van der Waals surface area contributed by atoms with E-state index in [1.165, 1.54) is 0 Å². The summed E-state index contributed by atoms with van der Waals surface area (Å²) in [5.74, 6) is 2.94. The molecule has 102 valence electrons. The predicted molar refractivity (Wildman–Crippen MR) is 80.7 cm³/mol. The number of methoxy groups -OCH3 is 1. The zero-order valence-corrected chi connectivity index (χ0v) is 13.5. The number of rotatable bonds is 5. The van der Waals surface area contributed by atoms with Gasteiger partial charge >= 0.3 is 0 Å². The van der Waals surface area contributed by atoms with E-state index in [1.807, 2.05) is 12.1 Å². The average molecular weight is 342 g/mol. The third kappa shape index (κ3) is 3.73. The normalized spacial score (nSPS) is 11.0. The minimum atomic E-state index is 0.363. The molecule has 0 radical (unpaired) electrons. The van der Waals surface area contributed by atoms with Gasteiger partial charge in [-0.3, -0.25) is 5.10 Å². The largest absolute Gasteiger partial charge is 0.496 e. The summed E-state index contributed by atoms with van der Waals surface area (Å²) in [6.45, 7) is 4.18. The molecule has 0 aliphatic carbocycles. The number of halogens is 1. The van der Waals surface area contributed by atoms with E-state index in [1.54, 1.807) is 18.9 Å². The van der Waals surface area contributed by atoms with Gasteiger partial charge in [0, 0.05) is 21.7 Å². The van der Waals surface area contributed by atoms with Gasteiger partial charge < -0.3 is 4.74 Å². The second-order valence-corrected chi connectivity index (χ2v) is 6.26. The van der Waals surface area contributed by atoms with Gasteiger partial charge in [-0.25, -0.2) is 4.98 Å². The van der Waals surface area contributed by atoms with Gasteiger partial charge in [0.25, 0.3) is 0 Å². The lowest BCUT2D eigenvalue weighted by molar-refractivity contribution is 0.411. The first-order chi connectivity index (χ1) is 9.10. The van der Waals surface area contributed by atoms with Crippen LogP contribution in [0.5, 0.6) is 5.75 Å². The molecule has 1 heterocycles. The molecule has 1 aromatic heterocycles. The molecule has 0 aliphatic rings. The van der Waals surface area contributed by atoms with Crippen molar-refractivity contribution in [1.82, 2.24) is 15.2 Å². The van der Waals surface area contributed by atoms with Gasteiger partial charge in [-0.15, -0.1) is 5.10 Å². The van der Waals surface area contributed by atoms with Crippen LogP contribution in [0.15, 0.2) is 27.8 Å². The molecule has 0 saturated carbocycles. The molecule has 0 spiro atoms. The molecule has 0 atom stereocenters. The third-order valence-electron chi connectivity index (χ3n) is 2.63. The SMILES string of the molecule is COc1ccc(Br)cc1CSc1n[nH]c(C(C)C)n1. The fraction of sp³-hybridized carbons (Fsp3) is 0.385. The Morgan fingerprint density at radius 1 is 1.42 bits per heavy atom. The molecule has 0 amide bonds. The van der Waals surface area contributed by atoms with Crippen molar-refractivity contribution >= 4 is 27.7 Å². The molecule has 0 saturated heterocycles. The Morgan fingerprint density at radius 2 is 2.21 bits per heavy atom. The zero-order valence-electron chi connectivity index (χ0n) is 11.1. The number of hydrogen-bond acceptors (Lipinski definition) is 4. The van der Waals surface area contributed by atoms with Crippen LogP contribution in [-0.2, 0) is 5.75 Å². The fourth-order valence-electron chi connectivity index (χ4n) is 1.58. The highest BCUT2D eigenvalue weighted by molar-refractivity contribution is 9.10. The Kier molecular flexibility index (Phi) is 4.87. The summed E-state index contributed by atoms with van der Waals surface area (Å²) in [4.78, 5) is 4.45. The number of benzene rings is 1. The third-order valence-corrected chi connectivity index (χ3v) is 4.02. The Labute approximate surface area is 125 Å². The average Bonchev–Trinajstić information content (AvgIpc) is 2.85. The van der Waals surface area contributed by atoms with E-state index < -0.39 is 0 Å². The van der Waals surface area contributed by atoms with Crippen LogP contribution in [0.1, 0.15) is 31.2 Å². The molecule has 2 rings (SSSR count). The molecule has 0 unspecified atom stereocenters. The summed E-state index contributed by atoms with van der Waals surface area (Å²) < 4.78 is 6.39. The number of H-pyrrole nitrogens is 1. The van der Waals surface area contributed by atoms with Crippen LogP contribution in [0.4, 0.5) is 0 Å². The zero-order chi connectivity index (χ0) is 13.8. The highest BCUT2D eigenvalue weighted by Crippen LogP contribution is 2.29. The number of aromatic amines is 1. The van der Waals surface area contributed by atoms with Crippen LogP contribution in [0, 0.1) is 0 Å². The first-order valence-corrected chi connectivity index (χ1v) is 7.75. The van der Waals surface area contributed by atoms with E-state index in [0.717, 1.165) is 32.5 Å². The highest BCUT2D eigenvalue weighted by atomic mass is 79.9. The lowest BCUT2D eigenvalue weighted by Crippen LogP contribution is -1.91. The van der Waals surface area contributed by atoms with Crippen molar-refractivity contribution < 1.29 is 4.74 Å². The van der Waals surface area contributed by atoms with Crippen LogP contribution in [0.25, 0.3) is 0 Å². The summed E-state index contributed by atoms with van der Waals surface area (Å²) in [5, 5.41) is 7.93. The lowest BCUT2D eigenvalue weighted by Gasteiger charge is -2.07. The van der Waals surface area contributed by atoms with Crippen molar-refractivity contribution in [3.8, 4) is 5.75 Å². The van der Waals surface area contributed by atoms with Crippen molar-refractivity contribution in [2.75, 3.05) is 7.11 Å². The van der Waals surface area contributed by atoms with E-state index >= 15 is 0 Å². The van der Waals surface area contributed by atoms with Crippen molar-refractivity contribution in [1.29, 1.82) is 0 Å². The van der Waals surface area contributed by atoms with E-state index in [-0.39, 0.29) is 0 Å². The Morgan fingerprint density at radius 3 is 2.84 bits per heavy atom. The van der Waals surface area contributed by atoms with Gasteiger partial charge in [-0.1, -0.05) is 41.5 Å². The molecular weight excluding hydrogens is 326 g/mol. The standard InChI is InChI=1S/C13H16BrN3OS/c1-8(2)12-15-13(17-16-12)19-7-9-6-10(14)4-5-11(9)18-3/h4-6,8H,7H2,1-3H3,(H,15,16,17). The quantitative estimate of drug-likeness (QED) is 0.835. The Balaban J connectivity index is 2.07. The molecule has 0 bridgehead atoms. The maximum Gasteiger partial charge on any atom is 0.208 e. The van der Waals surface area contributed by atoms with Gasteiger partial charge in [0.2, 0.25) is 5.16 Å². The van der Waals surface area contributed by atoms with E-state index in [2.05, 4.69) is 51.0 Å². The monoisotopic (exact) mass is 341 g/mol. The number of nitrogens with zero attached hydrogens (tertiary/aromatic N) is 2. The summed E-state index contributed by atoms with van der Waals surface area (Å²) >= 11 is 5.07. The van der Waals surface area contributed by atoms with Crippen LogP contribution in [-0.4, -0.2) is 22.3 Å². The van der Waals surface area contributed by atoms with Gasteiger partial charge in [-0.05, 0) is 18.2 Å². The number of hydrogen-bond donors (Lipinski definition) is 1. The minimum Gasteiger partial charge on any atom is -0.496 e. The molecular formula is C13H16BrN3OS. The Hall–Kier alpha value is -1.01.